The molecule has 5 rings (SSSR count). The molecule has 10 nitrogen and oxygen atoms in total. The minimum Gasteiger partial charge on any atom is -0.493 e. The van der Waals surface area contributed by atoms with Gasteiger partial charge in [0.25, 0.3) is 0 Å². The zero-order chi connectivity index (χ0) is 38.9. The number of aliphatic hydroxyl groups is 1. The molecule has 1 aromatic heterocycles. The number of alkyl halides is 3. The quantitative estimate of drug-likeness (QED) is 0.0925. The zero-order valence-electron chi connectivity index (χ0n) is 30.0. The van der Waals surface area contributed by atoms with Gasteiger partial charge in [-0.3, -0.25) is 15.1 Å². The highest BCUT2D eigenvalue weighted by molar-refractivity contribution is 6.32. The summed E-state index contributed by atoms with van der Waals surface area (Å²) in [5.74, 6) is -1.00. The Balaban J connectivity index is 1.39. The van der Waals surface area contributed by atoms with Crippen molar-refractivity contribution in [3.05, 3.63) is 105 Å². The van der Waals surface area contributed by atoms with Gasteiger partial charge in [-0.05, 0) is 86.7 Å². The Morgan fingerprint density at radius 2 is 1.70 bits per heavy atom. The molecular formula is C40H42ClF3N4O6. The van der Waals surface area contributed by atoms with Crippen LogP contribution in [-0.2, 0) is 30.7 Å². The number of halogens is 4. The van der Waals surface area contributed by atoms with Gasteiger partial charge < -0.3 is 29.3 Å². The summed E-state index contributed by atoms with van der Waals surface area (Å²) in [7, 11) is 0. The van der Waals surface area contributed by atoms with Gasteiger partial charge in [0.15, 0.2) is 0 Å². The van der Waals surface area contributed by atoms with Crippen molar-refractivity contribution in [3.63, 3.8) is 0 Å². The third kappa shape index (κ3) is 10.0. The van der Waals surface area contributed by atoms with E-state index in [1.165, 1.54) is 37.5 Å². The molecule has 286 valence electrons. The van der Waals surface area contributed by atoms with E-state index in [-0.39, 0.29) is 54.2 Å². The van der Waals surface area contributed by atoms with Crippen molar-refractivity contribution in [2.45, 2.75) is 64.6 Å². The summed E-state index contributed by atoms with van der Waals surface area (Å²) in [6.45, 7) is 5.22. The average Bonchev–Trinajstić information content (AvgIpc) is 3.68. The van der Waals surface area contributed by atoms with Gasteiger partial charge in [-0.1, -0.05) is 41.9 Å². The molecular weight excluding hydrogens is 725 g/mol. The number of nitrogens with one attached hydrogen (secondary N) is 1. The van der Waals surface area contributed by atoms with Crippen LogP contribution in [0.15, 0.2) is 67.0 Å². The van der Waals surface area contributed by atoms with Crippen molar-refractivity contribution in [1.82, 2.24) is 15.2 Å². The Morgan fingerprint density at radius 3 is 2.41 bits per heavy atom. The van der Waals surface area contributed by atoms with E-state index in [1.54, 1.807) is 43.3 Å². The molecule has 0 unspecified atom stereocenters. The van der Waals surface area contributed by atoms with Crippen LogP contribution in [0.3, 0.4) is 0 Å². The number of aromatic nitrogens is 1. The number of hydrogen-bond donors (Lipinski definition) is 3. The van der Waals surface area contributed by atoms with Crippen LogP contribution in [0.5, 0.6) is 17.2 Å². The van der Waals surface area contributed by atoms with Crippen LogP contribution in [0, 0.1) is 18.3 Å². The predicted molar refractivity (Wildman–Crippen MR) is 196 cm³/mol. The summed E-state index contributed by atoms with van der Waals surface area (Å²) in [6, 6.07) is 16.1. The highest BCUT2D eigenvalue weighted by Gasteiger charge is 2.38. The van der Waals surface area contributed by atoms with E-state index in [4.69, 9.17) is 25.8 Å². The first-order valence-electron chi connectivity index (χ1n) is 17.5. The van der Waals surface area contributed by atoms with Gasteiger partial charge in [-0.15, -0.1) is 0 Å². The normalized spacial score (nSPS) is 14.3. The first-order valence-corrected chi connectivity index (χ1v) is 17.9. The fourth-order valence-corrected chi connectivity index (χ4v) is 6.41. The number of carboxylic acid groups (broad SMARTS) is 1. The minimum atomic E-state index is -4.68. The van der Waals surface area contributed by atoms with Crippen molar-refractivity contribution in [3.8, 4) is 34.4 Å². The molecule has 3 N–H and O–H groups in total. The van der Waals surface area contributed by atoms with Gasteiger partial charge in [0.1, 0.15) is 47.6 Å². The van der Waals surface area contributed by atoms with E-state index in [9.17, 15) is 33.4 Å². The molecule has 0 aliphatic carbocycles. The maximum atomic E-state index is 14.7. The molecule has 0 saturated carbocycles. The zero-order valence-corrected chi connectivity index (χ0v) is 30.8. The monoisotopic (exact) mass is 766 g/mol. The molecule has 1 saturated heterocycles. The Hall–Kier alpha value is -4.87. The number of rotatable bonds is 17. The summed E-state index contributed by atoms with van der Waals surface area (Å²) < 4.78 is 61.9. The molecule has 0 spiro atoms. The van der Waals surface area contributed by atoms with Crippen molar-refractivity contribution >= 4 is 17.6 Å². The second kappa shape index (κ2) is 18.0. The lowest BCUT2D eigenvalue weighted by Crippen LogP contribution is -2.52. The molecule has 1 aliphatic heterocycles. The molecule has 1 aliphatic rings. The number of carbonyl (C=O) groups is 1. The van der Waals surface area contributed by atoms with Crippen molar-refractivity contribution in [2.24, 2.45) is 0 Å². The number of aliphatic carboxylic acids is 1. The van der Waals surface area contributed by atoms with E-state index in [1.807, 2.05) is 6.07 Å². The first kappa shape index (κ1) is 40.3. The molecule has 0 amide bonds. The summed E-state index contributed by atoms with van der Waals surface area (Å²) in [4.78, 5) is 18.1. The topological polar surface area (TPSA) is 137 Å². The lowest BCUT2D eigenvalue weighted by Gasteiger charge is -2.25. The summed E-state index contributed by atoms with van der Waals surface area (Å²) in [5, 5.41) is 31.6. The van der Waals surface area contributed by atoms with Crippen LogP contribution in [0.4, 0.5) is 13.2 Å². The first-order chi connectivity index (χ1) is 25.8. The fraction of sp³-hybridized carbons (Fsp3) is 0.375. The fourth-order valence-electron chi connectivity index (χ4n) is 6.17. The molecule has 1 atom stereocenters. The maximum Gasteiger partial charge on any atom is 0.420 e. The lowest BCUT2D eigenvalue weighted by atomic mass is 9.92. The average molecular weight is 767 g/mol. The molecule has 1 fully saturated rings. The Kier molecular flexibility index (Phi) is 13.4. The summed E-state index contributed by atoms with van der Waals surface area (Å²) >= 11 is 6.65. The van der Waals surface area contributed by atoms with Crippen LogP contribution in [0.1, 0.15) is 59.6 Å². The van der Waals surface area contributed by atoms with Crippen LogP contribution in [0.25, 0.3) is 11.1 Å². The number of carboxylic acids is 1. The van der Waals surface area contributed by atoms with Gasteiger partial charge >= 0.3 is 12.1 Å². The standard InChI is InChI=1S/C40H42ClF3N4O6/c1-26-29(8-5-9-31(26)32-10-6-11-34(37(32)40(42,43)44)52-15-7-14-48-12-3-4-13-48)24-54-36-18-35(53-23-28-16-27(19-45)20-46-21-28)30(17-33(36)41)22-47-39(2,25-49)38(50)51/h5-6,8-11,16-18,20-21,47,49H,3-4,7,12-15,22-25H2,1-2H3,(H,50,51)/t39-/m0/s1. The third-order valence-corrected chi connectivity index (χ3v) is 9.69. The maximum absolute atomic E-state index is 14.7. The Morgan fingerprint density at radius 1 is 0.981 bits per heavy atom. The number of benzene rings is 3. The van der Waals surface area contributed by atoms with Gasteiger partial charge in [-0.2, -0.15) is 18.4 Å². The number of likely N-dealkylation sites (tertiary alicyclic amines) is 1. The second-order valence-electron chi connectivity index (χ2n) is 13.3. The van der Waals surface area contributed by atoms with Crippen molar-refractivity contribution in [1.29, 1.82) is 5.26 Å². The predicted octanol–water partition coefficient (Wildman–Crippen LogP) is 7.55. The van der Waals surface area contributed by atoms with Gasteiger partial charge in [0.2, 0.25) is 0 Å². The SMILES string of the molecule is Cc1c(COc2cc(OCc3cncc(C#N)c3)c(CN[C@@](C)(CO)C(=O)O)cc2Cl)cccc1-c1cccc(OCCCN2CCCC2)c1C(F)(F)F. The van der Waals surface area contributed by atoms with Gasteiger partial charge in [-0.25, -0.2) is 0 Å². The van der Waals surface area contributed by atoms with E-state index in [2.05, 4.69) is 15.2 Å². The van der Waals surface area contributed by atoms with Gasteiger partial charge in [0.05, 0.1) is 23.8 Å². The molecule has 54 heavy (non-hydrogen) atoms. The van der Waals surface area contributed by atoms with E-state index < -0.39 is 29.9 Å². The highest BCUT2D eigenvalue weighted by Crippen LogP contribution is 2.44. The summed E-state index contributed by atoms with van der Waals surface area (Å²) in [5.41, 5.74) is 0.453. The lowest BCUT2D eigenvalue weighted by molar-refractivity contribution is -0.146. The number of ether oxygens (including phenoxy) is 3. The molecule has 2 heterocycles. The van der Waals surface area contributed by atoms with Crippen LogP contribution in [-0.4, -0.2) is 64.5 Å². The van der Waals surface area contributed by atoms with E-state index >= 15 is 0 Å². The number of nitrogens with zero attached hydrogens (tertiary/aromatic N) is 3. The number of aliphatic hydroxyl groups excluding tert-OH is 1. The molecule has 0 radical (unpaired) electrons. The van der Waals surface area contributed by atoms with E-state index in [0.717, 1.165) is 32.5 Å². The molecule has 3 aromatic carbocycles. The smallest absolute Gasteiger partial charge is 0.420 e. The molecule has 4 aromatic rings. The highest BCUT2D eigenvalue weighted by atomic mass is 35.5. The molecule has 0 bridgehead atoms. The largest absolute Gasteiger partial charge is 0.493 e. The van der Waals surface area contributed by atoms with Crippen molar-refractivity contribution < 1.29 is 42.4 Å². The Labute approximate surface area is 317 Å². The molecule has 14 heteroatoms. The minimum absolute atomic E-state index is 0.00327. The van der Waals surface area contributed by atoms with Crippen LogP contribution < -0.4 is 19.5 Å². The van der Waals surface area contributed by atoms with E-state index in [0.29, 0.717) is 39.8 Å². The number of pyridine rings is 1. The number of hydrogen-bond acceptors (Lipinski definition) is 9. The van der Waals surface area contributed by atoms with Crippen LogP contribution >= 0.6 is 11.6 Å². The number of nitriles is 1. The summed E-state index contributed by atoms with van der Waals surface area (Å²) in [6.07, 6.45) is 1.17. The van der Waals surface area contributed by atoms with Crippen molar-refractivity contribution in [2.75, 3.05) is 32.8 Å². The van der Waals surface area contributed by atoms with Gasteiger partial charge in [0, 0.05) is 42.7 Å². The third-order valence-electron chi connectivity index (χ3n) is 9.39. The Bertz CT molecular complexity index is 1980. The second-order valence-corrected chi connectivity index (χ2v) is 13.7. The van der Waals surface area contributed by atoms with Crippen LogP contribution in [0.2, 0.25) is 5.02 Å².